The van der Waals surface area contributed by atoms with Gasteiger partial charge in [-0.05, 0) is 42.1 Å². The van der Waals surface area contributed by atoms with E-state index in [2.05, 4.69) is 0 Å². The second-order valence-corrected chi connectivity index (χ2v) is 5.19. The first-order valence-corrected chi connectivity index (χ1v) is 6.27. The monoisotopic (exact) mass is 290 g/mol. The molecule has 0 bridgehead atoms. The van der Waals surface area contributed by atoms with Crippen LogP contribution in [0.1, 0.15) is 27.7 Å². The lowest BCUT2D eigenvalue weighted by molar-refractivity contribution is -0.137. The van der Waals surface area contributed by atoms with Crippen LogP contribution in [-0.4, -0.2) is 5.11 Å². The van der Waals surface area contributed by atoms with E-state index < -0.39 is 23.7 Å². The van der Waals surface area contributed by atoms with Crippen LogP contribution in [0.3, 0.4) is 0 Å². The summed E-state index contributed by atoms with van der Waals surface area (Å²) >= 11 is 1.34. The number of benzene rings is 1. The van der Waals surface area contributed by atoms with Gasteiger partial charge in [-0.3, -0.25) is 0 Å². The summed E-state index contributed by atoms with van der Waals surface area (Å²) in [6, 6.07) is 3.61. The van der Waals surface area contributed by atoms with Crippen LogP contribution in [0, 0.1) is 12.7 Å². The molecule has 0 aliphatic carbocycles. The molecule has 102 valence electrons. The van der Waals surface area contributed by atoms with E-state index in [1.54, 1.807) is 18.4 Å². The minimum absolute atomic E-state index is 0.365. The number of hydrogen-bond donors (Lipinski definition) is 1. The first-order valence-electron chi connectivity index (χ1n) is 5.39. The summed E-state index contributed by atoms with van der Waals surface area (Å²) in [5.41, 5.74) is -0.921. The highest BCUT2D eigenvalue weighted by atomic mass is 32.1. The minimum atomic E-state index is -4.56. The van der Waals surface area contributed by atoms with Crippen molar-refractivity contribution in [1.29, 1.82) is 0 Å². The number of aryl methyl sites for hydroxylation is 1. The quantitative estimate of drug-likeness (QED) is 0.818. The Morgan fingerprint density at radius 2 is 1.84 bits per heavy atom. The first-order chi connectivity index (χ1) is 8.80. The van der Waals surface area contributed by atoms with Gasteiger partial charge in [0.1, 0.15) is 11.9 Å². The number of rotatable bonds is 2. The second-order valence-electron chi connectivity index (χ2n) is 4.07. The molecular weight excluding hydrogens is 280 g/mol. The Morgan fingerprint density at radius 1 is 1.16 bits per heavy atom. The van der Waals surface area contributed by atoms with Gasteiger partial charge in [0.25, 0.3) is 0 Å². The largest absolute Gasteiger partial charge is 0.416 e. The summed E-state index contributed by atoms with van der Waals surface area (Å²) < 4.78 is 51.4. The average molecular weight is 290 g/mol. The van der Waals surface area contributed by atoms with Crippen molar-refractivity contribution in [1.82, 2.24) is 0 Å². The van der Waals surface area contributed by atoms with Crippen molar-refractivity contribution < 1.29 is 22.7 Å². The summed E-state index contributed by atoms with van der Waals surface area (Å²) in [7, 11) is 0. The maximum absolute atomic E-state index is 13.6. The number of halogens is 4. The minimum Gasteiger partial charge on any atom is -0.384 e. The zero-order chi connectivity index (χ0) is 14.2. The van der Waals surface area contributed by atoms with Gasteiger partial charge in [0.15, 0.2) is 0 Å². The zero-order valence-electron chi connectivity index (χ0n) is 9.83. The zero-order valence-corrected chi connectivity index (χ0v) is 10.6. The van der Waals surface area contributed by atoms with Crippen LogP contribution >= 0.6 is 11.3 Å². The molecule has 1 unspecified atom stereocenters. The van der Waals surface area contributed by atoms with Gasteiger partial charge in [-0.15, -0.1) is 11.3 Å². The van der Waals surface area contributed by atoms with Gasteiger partial charge in [0, 0.05) is 10.4 Å². The first kappa shape index (κ1) is 14.0. The molecule has 0 spiro atoms. The highest BCUT2D eigenvalue weighted by Gasteiger charge is 2.32. The number of aliphatic hydroxyl groups excluding tert-OH is 1. The van der Waals surface area contributed by atoms with Crippen LogP contribution < -0.4 is 0 Å². The van der Waals surface area contributed by atoms with Crippen molar-refractivity contribution in [3.05, 3.63) is 57.0 Å². The van der Waals surface area contributed by atoms with Gasteiger partial charge in [-0.1, -0.05) is 0 Å². The molecule has 1 atom stereocenters. The molecule has 19 heavy (non-hydrogen) atoms. The predicted molar refractivity (Wildman–Crippen MR) is 64.5 cm³/mol. The number of aliphatic hydroxyl groups is 1. The maximum Gasteiger partial charge on any atom is 0.416 e. The van der Waals surface area contributed by atoms with Gasteiger partial charge in [0.2, 0.25) is 0 Å². The summed E-state index contributed by atoms with van der Waals surface area (Å²) in [6.45, 7) is 1.72. The molecule has 2 aromatic rings. The van der Waals surface area contributed by atoms with Crippen LogP contribution in [0.15, 0.2) is 29.6 Å². The van der Waals surface area contributed by atoms with Gasteiger partial charge >= 0.3 is 6.18 Å². The van der Waals surface area contributed by atoms with Crippen molar-refractivity contribution in [2.45, 2.75) is 19.2 Å². The van der Waals surface area contributed by atoms with E-state index in [-0.39, 0.29) is 5.56 Å². The smallest absolute Gasteiger partial charge is 0.384 e. The molecule has 0 aliphatic rings. The Bertz CT molecular complexity index is 589. The fourth-order valence-corrected chi connectivity index (χ4v) is 2.51. The molecule has 1 N–H and O–H groups in total. The number of alkyl halides is 3. The van der Waals surface area contributed by atoms with Crippen LogP contribution in [0.4, 0.5) is 17.6 Å². The molecule has 0 saturated carbocycles. The van der Waals surface area contributed by atoms with Crippen LogP contribution in [-0.2, 0) is 6.18 Å². The third-order valence-corrected chi connectivity index (χ3v) is 3.67. The second kappa shape index (κ2) is 4.94. The van der Waals surface area contributed by atoms with Crippen molar-refractivity contribution in [2.75, 3.05) is 0 Å². The lowest BCUT2D eigenvalue weighted by Crippen LogP contribution is -2.09. The number of thiophene rings is 1. The third-order valence-electron chi connectivity index (χ3n) is 2.81. The molecule has 0 saturated heterocycles. The van der Waals surface area contributed by atoms with E-state index in [4.69, 9.17) is 0 Å². The van der Waals surface area contributed by atoms with Crippen molar-refractivity contribution in [2.24, 2.45) is 0 Å². The average Bonchev–Trinajstić information content (AvgIpc) is 2.73. The molecule has 0 radical (unpaired) electrons. The van der Waals surface area contributed by atoms with Crippen molar-refractivity contribution in [3.8, 4) is 0 Å². The van der Waals surface area contributed by atoms with E-state index in [9.17, 15) is 22.7 Å². The van der Waals surface area contributed by atoms with Crippen molar-refractivity contribution >= 4 is 11.3 Å². The summed E-state index contributed by atoms with van der Waals surface area (Å²) in [5, 5.41) is 11.7. The van der Waals surface area contributed by atoms with Crippen molar-refractivity contribution in [3.63, 3.8) is 0 Å². The SMILES string of the molecule is Cc1sccc1C(O)c1cc(C(F)(F)F)ccc1F. The van der Waals surface area contributed by atoms with Gasteiger partial charge in [0.05, 0.1) is 5.56 Å². The van der Waals surface area contributed by atoms with Gasteiger partial charge in [-0.2, -0.15) is 13.2 Å². The normalized spacial score (nSPS) is 13.6. The molecule has 1 nitrogen and oxygen atoms in total. The van der Waals surface area contributed by atoms with E-state index >= 15 is 0 Å². The molecule has 0 amide bonds. The summed E-state index contributed by atoms with van der Waals surface area (Å²) in [5.74, 6) is -0.855. The standard InChI is InChI=1S/C13H10F4OS/c1-7-9(4-5-19-7)12(18)10-6-8(13(15,16)17)2-3-11(10)14/h2-6,12,18H,1H3. The lowest BCUT2D eigenvalue weighted by Gasteiger charge is -2.14. The fraction of sp³-hybridized carbons (Fsp3) is 0.231. The summed E-state index contributed by atoms with van der Waals surface area (Å²) in [4.78, 5) is 0.740. The topological polar surface area (TPSA) is 20.2 Å². The molecule has 0 fully saturated rings. The fourth-order valence-electron chi connectivity index (χ4n) is 1.78. The molecule has 1 aromatic carbocycles. The predicted octanol–water partition coefficient (Wildman–Crippen LogP) is 4.30. The number of hydrogen-bond acceptors (Lipinski definition) is 2. The van der Waals surface area contributed by atoms with E-state index in [0.29, 0.717) is 17.7 Å². The van der Waals surface area contributed by atoms with Gasteiger partial charge in [-0.25, -0.2) is 4.39 Å². The van der Waals surface area contributed by atoms with Crippen LogP contribution in [0.25, 0.3) is 0 Å². The lowest BCUT2D eigenvalue weighted by atomic mass is 9.99. The molecular formula is C13H10F4OS. The van der Waals surface area contributed by atoms with E-state index in [1.165, 1.54) is 11.3 Å². The molecule has 1 aromatic heterocycles. The Morgan fingerprint density at radius 3 is 2.37 bits per heavy atom. The molecule has 0 aliphatic heterocycles. The Kier molecular flexibility index (Phi) is 3.64. The van der Waals surface area contributed by atoms with Gasteiger partial charge < -0.3 is 5.11 Å². The molecule has 6 heteroatoms. The summed E-state index contributed by atoms with van der Waals surface area (Å²) in [6.07, 6.45) is -5.96. The van der Waals surface area contributed by atoms with E-state index in [0.717, 1.165) is 10.9 Å². The molecule has 1 heterocycles. The maximum atomic E-state index is 13.6. The third kappa shape index (κ3) is 2.79. The Labute approximate surface area is 111 Å². The molecule has 2 rings (SSSR count). The van der Waals surface area contributed by atoms with Crippen LogP contribution in [0.2, 0.25) is 0 Å². The Hall–Kier alpha value is -1.40. The van der Waals surface area contributed by atoms with E-state index in [1.807, 2.05) is 0 Å². The van der Waals surface area contributed by atoms with Crippen LogP contribution in [0.5, 0.6) is 0 Å². The Balaban J connectivity index is 2.47. The highest BCUT2D eigenvalue weighted by molar-refractivity contribution is 7.10. The highest BCUT2D eigenvalue weighted by Crippen LogP contribution is 2.34.